The summed E-state index contributed by atoms with van der Waals surface area (Å²) in [5.74, 6) is 1.07. The lowest BCUT2D eigenvalue weighted by Gasteiger charge is -2.18. The van der Waals surface area contributed by atoms with E-state index in [4.69, 9.17) is 9.47 Å². The van der Waals surface area contributed by atoms with Gasteiger partial charge in [0.05, 0.1) is 25.2 Å². The van der Waals surface area contributed by atoms with Crippen LogP contribution in [0.3, 0.4) is 0 Å². The molecule has 21 heavy (non-hydrogen) atoms. The number of carbonyl (C=O) groups is 1. The number of halogens is 1. The zero-order chi connectivity index (χ0) is 14.8. The van der Waals surface area contributed by atoms with Crippen molar-refractivity contribution in [1.29, 1.82) is 0 Å². The van der Waals surface area contributed by atoms with Gasteiger partial charge in [0.25, 0.3) is 0 Å². The van der Waals surface area contributed by atoms with Gasteiger partial charge >= 0.3 is 0 Å². The fourth-order valence-electron chi connectivity index (χ4n) is 1.90. The van der Waals surface area contributed by atoms with Gasteiger partial charge in [0, 0.05) is 11.0 Å². The minimum Gasteiger partial charge on any atom is -0.486 e. The monoisotopic (exact) mass is 386 g/mol. The number of ketones is 1. The van der Waals surface area contributed by atoms with Crippen LogP contribution in [0.5, 0.6) is 11.5 Å². The second kappa shape index (κ2) is 6.29. The predicted molar refractivity (Wildman–Crippen MR) is 85.1 cm³/mol. The topological polar surface area (TPSA) is 52.6 Å². The molecule has 0 saturated carbocycles. The number of hydrogen-bond acceptors (Lipinski definition) is 5. The third-order valence-electron chi connectivity index (χ3n) is 2.89. The fourth-order valence-corrected chi connectivity index (χ4v) is 4.34. The molecule has 2 aromatic rings. The summed E-state index contributed by atoms with van der Waals surface area (Å²) >= 11 is 4.66. The highest BCUT2D eigenvalue weighted by Gasteiger charge is 2.17. The quantitative estimate of drug-likeness (QED) is 0.756. The first-order valence-corrected chi connectivity index (χ1v) is 9.13. The van der Waals surface area contributed by atoms with Crippen molar-refractivity contribution in [1.82, 2.24) is 0 Å². The van der Waals surface area contributed by atoms with Gasteiger partial charge in [-0.25, -0.2) is 0 Å². The van der Waals surface area contributed by atoms with Crippen LogP contribution in [-0.2, 0) is 10.8 Å². The number of thiophene rings is 1. The van der Waals surface area contributed by atoms with Crippen LogP contribution < -0.4 is 9.47 Å². The SMILES string of the molecule is O=C(CS(=O)c1ccc2c(c1)OCCO2)c1ccc(Br)s1. The maximum Gasteiger partial charge on any atom is 0.185 e. The number of ether oxygens (including phenoxy) is 2. The Morgan fingerprint density at radius 1 is 1.19 bits per heavy atom. The molecule has 0 amide bonds. The Morgan fingerprint density at radius 3 is 2.67 bits per heavy atom. The molecular formula is C14H11BrO4S2. The molecule has 3 rings (SSSR count). The van der Waals surface area contributed by atoms with Crippen molar-refractivity contribution in [2.75, 3.05) is 19.0 Å². The Balaban J connectivity index is 1.75. The van der Waals surface area contributed by atoms with Crippen molar-refractivity contribution in [2.45, 2.75) is 4.90 Å². The van der Waals surface area contributed by atoms with E-state index in [0.717, 1.165) is 3.79 Å². The summed E-state index contributed by atoms with van der Waals surface area (Å²) in [5.41, 5.74) is 0. The zero-order valence-corrected chi connectivity index (χ0v) is 14.1. The molecule has 7 heteroatoms. The van der Waals surface area contributed by atoms with Crippen molar-refractivity contribution >= 4 is 43.8 Å². The van der Waals surface area contributed by atoms with Gasteiger partial charge < -0.3 is 9.47 Å². The first kappa shape index (κ1) is 14.7. The summed E-state index contributed by atoms with van der Waals surface area (Å²) in [4.78, 5) is 13.2. The average molecular weight is 387 g/mol. The van der Waals surface area contributed by atoms with Crippen LogP contribution >= 0.6 is 27.3 Å². The van der Waals surface area contributed by atoms with Crippen molar-refractivity contribution in [3.8, 4) is 11.5 Å². The molecule has 1 aromatic heterocycles. The summed E-state index contributed by atoms with van der Waals surface area (Å²) in [5, 5.41) is 0. The predicted octanol–water partition coefficient (Wildman–Crippen LogP) is 3.27. The van der Waals surface area contributed by atoms with E-state index in [1.807, 2.05) is 6.07 Å². The summed E-state index contributed by atoms with van der Waals surface area (Å²) in [6, 6.07) is 8.67. The molecule has 0 bridgehead atoms. The van der Waals surface area contributed by atoms with Gasteiger partial charge in [-0.15, -0.1) is 11.3 Å². The molecule has 1 aliphatic heterocycles. The summed E-state index contributed by atoms with van der Waals surface area (Å²) in [6.45, 7) is 0.992. The highest BCUT2D eigenvalue weighted by atomic mass is 79.9. The van der Waals surface area contributed by atoms with E-state index in [1.54, 1.807) is 24.3 Å². The van der Waals surface area contributed by atoms with Crippen LogP contribution in [0.4, 0.5) is 0 Å². The third kappa shape index (κ3) is 3.36. The van der Waals surface area contributed by atoms with E-state index in [0.29, 0.717) is 34.5 Å². The smallest absolute Gasteiger partial charge is 0.185 e. The lowest BCUT2D eigenvalue weighted by Crippen LogP contribution is -2.16. The second-order valence-corrected chi connectivity index (χ2v) is 8.24. The Bertz CT molecular complexity index is 711. The van der Waals surface area contributed by atoms with Gasteiger partial charge in [0.15, 0.2) is 17.3 Å². The maximum atomic E-state index is 12.3. The number of hydrogen-bond donors (Lipinski definition) is 0. The molecule has 1 aromatic carbocycles. The Kier molecular flexibility index (Phi) is 4.42. The minimum absolute atomic E-state index is 0.0351. The number of fused-ring (bicyclic) bond motifs is 1. The first-order valence-electron chi connectivity index (χ1n) is 6.20. The molecule has 0 aliphatic carbocycles. The summed E-state index contributed by atoms with van der Waals surface area (Å²) < 4.78 is 24.1. The van der Waals surface area contributed by atoms with Gasteiger partial charge in [0.2, 0.25) is 0 Å². The van der Waals surface area contributed by atoms with E-state index in [2.05, 4.69) is 15.9 Å². The molecule has 4 nitrogen and oxygen atoms in total. The van der Waals surface area contributed by atoms with Gasteiger partial charge in [-0.05, 0) is 40.2 Å². The molecule has 0 fully saturated rings. The van der Waals surface area contributed by atoms with E-state index >= 15 is 0 Å². The van der Waals surface area contributed by atoms with E-state index in [1.165, 1.54) is 11.3 Å². The molecule has 1 atom stereocenters. The average Bonchev–Trinajstić information content (AvgIpc) is 2.93. The van der Waals surface area contributed by atoms with Crippen molar-refractivity contribution < 1.29 is 18.5 Å². The maximum absolute atomic E-state index is 12.3. The molecule has 1 unspecified atom stereocenters. The highest BCUT2D eigenvalue weighted by molar-refractivity contribution is 9.11. The molecule has 0 N–H and O–H groups in total. The van der Waals surface area contributed by atoms with E-state index in [9.17, 15) is 9.00 Å². The number of Topliss-reactive ketones (excluding diaryl/α,β-unsaturated/α-hetero) is 1. The molecule has 2 heterocycles. The molecule has 0 radical (unpaired) electrons. The lowest BCUT2D eigenvalue weighted by molar-refractivity contribution is 0.102. The van der Waals surface area contributed by atoms with Crippen LogP contribution in [0.25, 0.3) is 0 Å². The standard InChI is InChI=1S/C14H11BrO4S2/c15-14-4-3-13(20-14)10(16)8-21(17)9-1-2-11-12(7-9)19-6-5-18-11/h1-4,7H,5-6,8H2. The molecule has 0 spiro atoms. The Labute approximate surface area is 136 Å². The number of carbonyl (C=O) groups excluding carboxylic acids is 1. The van der Waals surface area contributed by atoms with Crippen LogP contribution in [0.15, 0.2) is 39.0 Å². The Hall–Kier alpha value is -1.18. The molecule has 110 valence electrons. The minimum atomic E-state index is -1.40. The second-order valence-electron chi connectivity index (χ2n) is 4.32. The van der Waals surface area contributed by atoms with Crippen LogP contribution in [0.2, 0.25) is 0 Å². The Morgan fingerprint density at radius 2 is 1.95 bits per heavy atom. The molecular weight excluding hydrogens is 376 g/mol. The van der Waals surface area contributed by atoms with Gasteiger partial charge in [0.1, 0.15) is 13.2 Å². The normalized spacial score (nSPS) is 14.7. The van der Waals surface area contributed by atoms with Crippen molar-refractivity contribution in [3.63, 3.8) is 0 Å². The number of rotatable bonds is 4. The zero-order valence-electron chi connectivity index (χ0n) is 10.8. The summed E-state index contributed by atoms with van der Waals surface area (Å²) in [6.07, 6.45) is 0. The third-order valence-corrected chi connectivity index (χ3v) is 5.86. The molecule has 1 aliphatic rings. The van der Waals surface area contributed by atoms with Crippen molar-refractivity contribution in [2.24, 2.45) is 0 Å². The summed E-state index contributed by atoms with van der Waals surface area (Å²) in [7, 11) is -1.40. The van der Waals surface area contributed by atoms with E-state index < -0.39 is 10.8 Å². The largest absolute Gasteiger partial charge is 0.486 e. The van der Waals surface area contributed by atoms with Crippen LogP contribution in [0.1, 0.15) is 9.67 Å². The highest BCUT2D eigenvalue weighted by Crippen LogP contribution is 2.32. The first-order chi connectivity index (χ1) is 10.1. The van der Waals surface area contributed by atoms with Crippen LogP contribution in [-0.4, -0.2) is 29.0 Å². The van der Waals surface area contributed by atoms with Crippen molar-refractivity contribution in [3.05, 3.63) is 39.0 Å². The van der Waals surface area contributed by atoms with Gasteiger partial charge in [-0.1, -0.05) is 0 Å². The van der Waals surface area contributed by atoms with E-state index in [-0.39, 0.29) is 11.5 Å². The van der Waals surface area contributed by atoms with Crippen LogP contribution in [0, 0.1) is 0 Å². The lowest BCUT2D eigenvalue weighted by atomic mass is 10.3. The number of benzene rings is 1. The fraction of sp³-hybridized carbons (Fsp3) is 0.214. The van der Waals surface area contributed by atoms with Gasteiger partial charge in [-0.2, -0.15) is 0 Å². The molecule has 0 saturated heterocycles. The van der Waals surface area contributed by atoms with Gasteiger partial charge in [-0.3, -0.25) is 9.00 Å².